The van der Waals surface area contributed by atoms with E-state index in [1.54, 1.807) is 17.9 Å². The number of unbranched alkanes of at least 4 members (excludes halogenated alkanes) is 3. The molecule has 0 atom stereocenters. The largest absolute Gasteiger partial charge is 0.497 e. The number of hydrogen-bond acceptors (Lipinski definition) is 4. The topological polar surface area (TPSA) is 73.6 Å². The number of aliphatic carboxylic acids is 1. The molecule has 0 bridgehead atoms. The molecule has 0 amide bonds. The van der Waals surface area contributed by atoms with E-state index in [2.05, 4.69) is 18.9 Å². The minimum atomic E-state index is -0.853. The molecule has 2 rings (SSSR count). The van der Waals surface area contributed by atoms with Crippen molar-refractivity contribution >= 4 is 17.6 Å². The maximum absolute atomic E-state index is 11.1. The standard InChI is InChI=1S/C22H31ClN2O4/c1-4-19-17(20(5-2)25(24-19)15-22(26)27)10-8-6-7-9-13-29-21-12-11-16(28-3)14-18(21)23/h11-12,14H,4-10,13,15H2,1-3H3,(H,26,27). The van der Waals surface area contributed by atoms with Crippen LogP contribution in [0.25, 0.3) is 0 Å². The molecule has 0 radical (unpaired) electrons. The maximum Gasteiger partial charge on any atom is 0.325 e. The van der Waals surface area contributed by atoms with Gasteiger partial charge in [0.25, 0.3) is 0 Å². The van der Waals surface area contributed by atoms with Crippen LogP contribution in [0, 0.1) is 0 Å². The number of hydrogen-bond donors (Lipinski definition) is 1. The van der Waals surface area contributed by atoms with Crippen LogP contribution in [-0.4, -0.2) is 34.6 Å². The zero-order valence-electron chi connectivity index (χ0n) is 17.5. The lowest BCUT2D eigenvalue weighted by Crippen LogP contribution is -2.13. The minimum absolute atomic E-state index is 0.0680. The number of carbonyl (C=O) groups is 1. The molecular weight excluding hydrogens is 392 g/mol. The van der Waals surface area contributed by atoms with Crippen molar-refractivity contribution in [1.82, 2.24) is 9.78 Å². The number of aromatic nitrogens is 2. The number of methoxy groups -OCH3 is 1. The molecule has 0 fully saturated rings. The van der Waals surface area contributed by atoms with Crippen LogP contribution in [0.15, 0.2) is 18.2 Å². The first-order valence-corrected chi connectivity index (χ1v) is 10.6. The van der Waals surface area contributed by atoms with Gasteiger partial charge in [-0.15, -0.1) is 0 Å². The number of rotatable bonds is 13. The molecule has 6 nitrogen and oxygen atoms in total. The van der Waals surface area contributed by atoms with Gasteiger partial charge in [-0.3, -0.25) is 9.48 Å². The summed E-state index contributed by atoms with van der Waals surface area (Å²) in [5.74, 6) is 0.541. The van der Waals surface area contributed by atoms with Crippen molar-refractivity contribution in [2.24, 2.45) is 0 Å². The van der Waals surface area contributed by atoms with E-state index in [1.165, 1.54) is 5.56 Å². The van der Waals surface area contributed by atoms with Crippen molar-refractivity contribution in [1.29, 1.82) is 0 Å². The summed E-state index contributed by atoms with van der Waals surface area (Å²) in [7, 11) is 1.61. The van der Waals surface area contributed by atoms with Crippen LogP contribution in [0.4, 0.5) is 0 Å². The lowest BCUT2D eigenvalue weighted by atomic mass is 10.0. The van der Waals surface area contributed by atoms with Crippen molar-refractivity contribution in [3.63, 3.8) is 0 Å². The van der Waals surface area contributed by atoms with Crippen molar-refractivity contribution in [3.8, 4) is 11.5 Å². The summed E-state index contributed by atoms with van der Waals surface area (Å²) in [6.07, 6.45) is 6.74. The smallest absolute Gasteiger partial charge is 0.325 e. The fourth-order valence-electron chi connectivity index (χ4n) is 3.48. The highest BCUT2D eigenvalue weighted by Gasteiger charge is 2.16. The van der Waals surface area contributed by atoms with E-state index in [0.29, 0.717) is 23.1 Å². The van der Waals surface area contributed by atoms with Gasteiger partial charge in [0.1, 0.15) is 18.0 Å². The van der Waals surface area contributed by atoms with Crippen LogP contribution in [0.5, 0.6) is 11.5 Å². The molecule has 0 aliphatic carbocycles. The van der Waals surface area contributed by atoms with Crippen molar-refractivity contribution in [3.05, 3.63) is 40.2 Å². The molecule has 0 saturated carbocycles. The summed E-state index contributed by atoms with van der Waals surface area (Å²) in [5, 5.41) is 14.2. The number of halogens is 1. The second kappa shape index (κ2) is 11.7. The van der Waals surface area contributed by atoms with Crippen molar-refractivity contribution in [2.45, 2.75) is 65.3 Å². The molecule has 0 aliphatic rings. The Bertz CT molecular complexity index is 804. The number of nitrogens with zero attached hydrogens (tertiary/aromatic N) is 2. The van der Waals surface area contributed by atoms with Gasteiger partial charge in [-0.25, -0.2) is 0 Å². The molecule has 0 unspecified atom stereocenters. The molecule has 0 saturated heterocycles. The first-order valence-electron chi connectivity index (χ1n) is 10.3. The number of carboxylic acids is 1. The molecule has 29 heavy (non-hydrogen) atoms. The molecule has 1 N–H and O–H groups in total. The molecule has 0 spiro atoms. The third-order valence-corrected chi connectivity index (χ3v) is 5.22. The first kappa shape index (κ1) is 23.1. The minimum Gasteiger partial charge on any atom is -0.497 e. The van der Waals surface area contributed by atoms with Crippen LogP contribution < -0.4 is 9.47 Å². The highest BCUT2D eigenvalue weighted by Crippen LogP contribution is 2.28. The molecule has 1 aromatic heterocycles. The van der Waals surface area contributed by atoms with Crippen LogP contribution in [-0.2, 0) is 30.6 Å². The average molecular weight is 423 g/mol. The molecule has 1 aromatic carbocycles. The van der Waals surface area contributed by atoms with Crippen LogP contribution in [0.3, 0.4) is 0 Å². The summed E-state index contributed by atoms with van der Waals surface area (Å²) in [5.41, 5.74) is 3.32. The van der Waals surface area contributed by atoms with E-state index < -0.39 is 5.97 Å². The van der Waals surface area contributed by atoms with Gasteiger partial charge in [0.2, 0.25) is 0 Å². The first-order chi connectivity index (χ1) is 14.0. The zero-order chi connectivity index (χ0) is 21.2. The van der Waals surface area contributed by atoms with Crippen molar-refractivity contribution in [2.75, 3.05) is 13.7 Å². The van der Waals surface area contributed by atoms with E-state index >= 15 is 0 Å². The Morgan fingerprint density at radius 2 is 1.93 bits per heavy atom. The van der Waals surface area contributed by atoms with E-state index in [1.807, 2.05) is 12.1 Å². The van der Waals surface area contributed by atoms with Crippen LogP contribution in [0.1, 0.15) is 56.5 Å². The van der Waals surface area contributed by atoms with Gasteiger partial charge in [-0.1, -0.05) is 38.3 Å². The Hall–Kier alpha value is -2.21. The number of benzene rings is 1. The van der Waals surface area contributed by atoms with E-state index in [-0.39, 0.29) is 6.54 Å². The van der Waals surface area contributed by atoms with Gasteiger partial charge in [-0.05, 0) is 49.8 Å². The quantitative estimate of drug-likeness (QED) is 0.463. The summed E-state index contributed by atoms with van der Waals surface area (Å²) < 4.78 is 12.5. The second-order valence-corrected chi connectivity index (χ2v) is 7.35. The fraction of sp³-hybridized carbons (Fsp3) is 0.545. The molecule has 1 heterocycles. The average Bonchev–Trinajstić information content (AvgIpc) is 3.03. The predicted molar refractivity (Wildman–Crippen MR) is 114 cm³/mol. The zero-order valence-corrected chi connectivity index (χ0v) is 18.3. The third-order valence-electron chi connectivity index (χ3n) is 4.92. The number of aryl methyl sites for hydroxylation is 1. The Morgan fingerprint density at radius 1 is 1.17 bits per heavy atom. The Morgan fingerprint density at radius 3 is 2.55 bits per heavy atom. The fourth-order valence-corrected chi connectivity index (χ4v) is 3.71. The summed E-state index contributed by atoms with van der Waals surface area (Å²) in [4.78, 5) is 11.1. The van der Waals surface area contributed by atoms with E-state index in [4.69, 9.17) is 26.2 Å². The van der Waals surface area contributed by atoms with Gasteiger partial charge in [-0.2, -0.15) is 5.10 Å². The normalized spacial score (nSPS) is 10.9. The van der Waals surface area contributed by atoms with Crippen LogP contribution >= 0.6 is 11.6 Å². The second-order valence-electron chi connectivity index (χ2n) is 6.94. The lowest BCUT2D eigenvalue weighted by Gasteiger charge is -2.09. The molecule has 160 valence electrons. The third kappa shape index (κ3) is 6.67. The maximum atomic E-state index is 11.1. The molecule has 7 heteroatoms. The summed E-state index contributed by atoms with van der Waals surface area (Å²) in [6, 6.07) is 5.41. The summed E-state index contributed by atoms with van der Waals surface area (Å²) >= 11 is 6.18. The van der Waals surface area contributed by atoms with Gasteiger partial charge >= 0.3 is 5.97 Å². The number of carboxylic acid groups (broad SMARTS) is 1. The van der Waals surface area contributed by atoms with E-state index in [0.717, 1.165) is 56.3 Å². The Kier molecular flexibility index (Phi) is 9.32. The number of ether oxygens (including phenoxy) is 2. The Balaban J connectivity index is 1.76. The van der Waals surface area contributed by atoms with Gasteiger partial charge in [0.15, 0.2) is 0 Å². The monoisotopic (exact) mass is 422 g/mol. The Labute approximate surface area is 177 Å². The molecular formula is C22H31ClN2O4. The highest BCUT2D eigenvalue weighted by molar-refractivity contribution is 6.32. The van der Waals surface area contributed by atoms with Gasteiger partial charge in [0, 0.05) is 11.8 Å². The van der Waals surface area contributed by atoms with E-state index in [9.17, 15) is 4.79 Å². The highest BCUT2D eigenvalue weighted by atomic mass is 35.5. The lowest BCUT2D eigenvalue weighted by molar-refractivity contribution is -0.137. The molecule has 0 aliphatic heterocycles. The molecule has 2 aromatic rings. The SMILES string of the molecule is CCc1nn(CC(=O)O)c(CC)c1CCCCCCOc1ccc(OC)cc1Cl. The van der Waals surface area contributed by atoms with Crippen molar-refractivity contribution < 1.29 is 19.4 Å². The van der Waals surface area contributed by atoms with Crippen LogP contribution in [0.2, 0.25) is 5.02 Å². The summed E-state index contributed by atoms with van der Waals surface area (Å²) in [6.45, 7) is 4.68. The predicted octanol–water partition coefficient (Wildman–Crippen LogP) is 4.94. The van der Waals surface area contributed by atoms with Gasteiger partial charge < -0.3 is 14.6 Å². The van der Waals surface area contributed by atoms with Gasteiger partial charge in [0.05, 0.1) is 24.4 Å².